The van der Waals surface area contributed by atoms with Crippen LogP contribution in [0.1, 0.15) is 32.3 Å². The SMILES string of the molecule is CNCC(=O)N[C@@H](CCCNC(=N)N)C(=O)N[C@H](C(=O)N[C@@H](CO)C(=O)N[C@@H](Cc1ccccc1)C(=O)NC)C(C)C. The molecule has 1 rings (SSSR count). The van der Waals surface area contributed by atoms with Gasteiger partial charge in [0.2, 0.25) is 29.5 Å². The van der Waals surface area contributed by atoms with Crippen molar-refractivity contribution in [1.29, 1.82) is 5.41 Å². The Morgan fingerprint density at radius 2 is 1.48 bits per heavy atom. The number of carbonyl (C=O) groups is 5. The van der Waals surface area contributed by atoms with Gasteiger partial charge in [-0.25, -0.2) is 0 Å². The van der Waals surface area contributed by atoms with E-state index in [-0.39, 0.29) is 25.3 Å². The van der Waals surface area contributed by atoms with Gasteiger partial charge in [0, 0.05) is 20.0 Å². The third kappa shape index (κ3) is 13.0. The fraction of sp³-hybridized carbons (Fsp3) is 0.556. The standard InChI is InChI=1S/C27H45N9O6/c1-16(2)22(36-24(40)18(33-21(38)14-30-3)11-8-12-32-27(28)29)26(42)35-20(15-37)25(41)34-19(23(39)31-4)13-17-9-6-5-7-10-17/h5-7,9-10,16,18-20,22,30,37H,8,11-15H2,1-4H3,(H,31,39)(H,33,38)(H,34,41)(H,35,42)(H,36,40)(H4,28,29,32)/t18-,19-,20-,22-/m0/s1. The van der Waals surface area contributed by atoms with Gasteiger partial charge < -0.3 is 48.1 Å². The second-order valence-corrected chi connectivity index (χ2v) is 9.97. The molecule has 1 aromatic rings. The number of guanidine groups is 1. The molecule has 0 radical (unpaired) electrons. The molecule has 0 aromatic heterocycles. The van der Waals surface area contributed by atoms with E-state index in [9.17, 15) is 29.1 Å². The van der Waals surface area contributed by atoms with Crippen LogP contribution in [0, 0.1) is 11.3 Å². The average molecular weight is 592 g/mol. The predicted octanol–water partition coefficient (Wildman–Crippen LogP) is -2.95. The maximum absolute atomic E-state index is 13.2. The molecule has 0 unspecified atom stereocenters. The lowest BCUT2D eigenvalue weighted by molar-refractivity contribution is -0.135. The molecule has 0 saturated heterocycles. The molecular formula is C27H45N9O6. The van der Waals surface area contributed by atoms with Crippen molar-refractivity contribution in [2.75, 3.05) is 33.8 Å². The Labute approximate surface area is 246 Å². The summed E-state index contributed by atoms with van der Waals surface area (Å²) in [4.78, 5) is 64.0. The lowest BCUT2D eigenvalue weighted by Crippen LogP contribution is -2.60. The Balaban J connectivity index is 2.96. The van der Waals surface area contributed by atoms with Crippen LogP contribution in [0.25, 0.3) is 0 Å². The van der Waals surface area contributed by atoms with Crippen molar-refractivity contribution in [3.05, 3.63) is 35.9 Å². The molecule has 0 fully saturated rings. The van der Waals surface area contributed by atoms with Crippen LogP contribution in [0.15, 0.2) is 30.3 Å². The highest BCUT2D eigenvalue weighted by atomic mass is 16.3. The van der Waals surface area contributed by atoms with Crippen molar-refractivity contribution >= 4 is 35.5 Å². The predicted molar refractivity (Wildman–Crippen MR) is 157 cm³/mol. The number of nitrogens with two attached hydrogens (primary N) is 1. The second-order valence-electron chi connectivity index (χ2n) is 9.97. The highest BCUT2D eigenvalue weighted by molar-refractivity contribution is 5.95. The van der Waals surface area contributed by atoms with Crippen molar-refractivity contribution in [3.8, 4) is 0 Å². The number of nitrogens with one attached hydrogen (secondary N) is 8. The van der Waals surface area contributed by atoms with Gasteiger partial charge in [0.05, 0.1) is 13.2 Å². The molecule has 0 aliphatic carbocycles. The highest BCUT2D eigenvalue weighted by Crippen LogP contribution is 2.07. The molecule has 15 nitrogen and oxygen atoms in total. The van der Waals surface area contributed by atoms with Crippen molar-refractivity contribution < 1.29 is 29.1 Å². The lowest BCUT2D eigenvalue weighted by atomic mass is 10.0. The summed E-state index contributed by atoms with van der Waals surface area (Å²) in [7, 11) is 3.01. The molecule has 0 aliphatic heterocycles. The number of carbonyl (C=O) groups excluding carboxylic acids is 5. The summed E-state index contributed by atoms with van der Waals surface area (Å²) in [5.74, 6) is -3.67. The first-order chi connectivity index (χ1) is 19.9. The van der Waals surface area contributed by atoms with E-state index in [4.69, 9.17) is 11.1 Å². The van der Waals surface area contributed by atoms with E-state index in [0.29, 0.717) is 13.0 Å². The third-order valence-corrected chi connectivity index (χ3v) is 6.20. The van der Waals surface area contributed by atoms with Crippen molar-refractivity contribution in [3.63, 3.8) is 0 Å². The smallest absolute Gasteiger partial charge is 0.245 e. The number of benzene rings is 1. The van der Waals surface area contributed by atoms with Crippen LogP contribution in [-0.4, -0.2) is 98.6 Å². The number of rotatable bonds is 18. The van der Waals surface area contributed by atoms with E-state index in [2.05, 4.69) is 37.2 Å². The lowest BCUT2D eigenvalue weighted by Gasteiger charge is -2.27. The molecule has 0 spiro atoms. The molecule has 42 heavy (non-hydrogen) atoms. The summed E-state index contributed by atoms with van der Waals surface area (Å²) in [5.41, 5.74) is 6.08. The van der Waals surface area contributed by atoms with Crippen molar-refractivity contribution in [2.24, 2.45) is 11.7 Å². The summed E-state index contributed by atoms with van der Waals surface area (Å²) >= 11 is 0. The van der Waals surface area contributed by atoms with Crippen LogP contribution < -0.4 is 43.0 Å². The molecule has 5 amide bonds. The van der Waals surface area contributed by atoms with Gasteiger partial charge in [0.25, 0.3) is 0 Å². The monoisotopic (exact) mass is 591 g/mol. The zero-order valence-electron chi connectivity index (χ0n) is 24.6. The fourth-order valence-corrected chi connectivity index (χ4v) is 3.95. The molecule has 0 bridgehead atoms. The molecule has 234 valence electrons. The summed E-state index contributed by atoms with van der Waals surface area (Å²) in [6, 6.07) is 4.56. The first-order valence-corrected chi connectivity index (χ1v) is 13.7. The highest BCUT2D eigenvalue weighted by Gasteiger charge is 2.32. The number of hydrogen-bond donors (Lipinski definition) is 10. The molecule has 4 atom stereocenters. The summed E-state index contributed by atoms with van der Waals surface area (Å²) in [5, 5.41) is 35.2. The van der Waals surface area contributed by atoms with Gasteiger partial charge >= 0.3 is 0 Å². The Morgan fingerprint density at radius 3 is 2.02 bits per heavy atom. The zero-order chi connectivity index (χ0) is 31.7. The van der Waals surface area contributed by atoms with Crippen LogP contribution in [0.4, 0.5) is 0 Å². The average Bonchev–Trinajstić information content (AvgIpc) is 2.95. The third-order valence-electron chi connectivity index (χ3n) is 6.20. The molecule has 11 N–H and O–H groups in total. The maximum atomic E-state index is 13.2. The molecular weight excluding hydrogens is 546 g/mol. The minimum absolute atomic E-state index is 0.0296. The fourth-order valence-electron chi connectivity index (χ4n) is 3.95. The zero-order valence-corrected chi connectivity index (χ0v) is 24.6. The van der Waals surface area contributed by atoms with E-state index in [1.807, 2.05) is 6.07 Å². The van der Waals surface area contributed by atoms with Crippen LogP contribution in [0.5, 0.6) is 0 Å². The largest absolute Gasteiger partial charge is 0.394 e. The van der Waals surface area contributed by atoms with E-state index < -0.39 is 66.2 Å². The summed E-state index contributed by atoms with van der Waals surface area (Å²) < 4.78 is 0. The minimum Gasteiger partial charge on any atom is -0.394 e. The molecule has 0 aliphatic rings. The number of hydrogen-bond acceptors (Lipinski definition) is 8. The first kappa shape index (κ1) is 35.8. The Kier molecular flexibility index (Phi) is 16.2. The number of likely N-dealkylation sites (N-methyl/N-ethyl adjacent to an activating group) is 2. The van der Waals surface area contributed by atoms with Gasteiger partial charge in [-0.3, -0.25) is 29.4 Å². The summed E-state index contributed by atoms with van der Waals surface area (Å²) in [6.45, 7) is 2.88. The van der Waals surface area contributed by atoms with Crippen LogP contribution in [-0.2, 0) is 30.4 Å². The summed E-state index contributed by atoms with van der Waals surface area (Å²) in [6.07, 6.45) is 0.766. The van der Waals surface area contributed by atoms with Gasteiger partial charge in [-0.1, -0.05) is 44.2 Å². The second kappa shape index (κ2) is 19.0. The van der Waals surface area contributed by atoms with E-state index in [0.717, 1.165) is 5.56 Å². The molecule has 0 saturated carbocycles. The van der Waals surface area contributed by atoms with Crippen LogP contribution in [0.3, 0.4) is 0 Å². The van der Waals surface area contributed by atoms with Crippen molar-refractivity contribution in [1.82, 2.24) is 37.2 Å². The molecule has 0 heterocycles. The molecule has 15 heteroatoms. The van der Waals surface area contributed by atoms with E-state index >= 15 is 0 Å². The Morgan fingerprint density at radius 1 is 0.857 bits per heavy atom. The van der Waals surface area contributed by atoms with Gasteiger partial charge in [-0.2, -0.15) is 0 Å². The van der Waals surface area contributed by atoms with Gasteiger partial charge in [-0.15, -0.1) is 0 Å². The Hall–Kier alpha value is -4.24. The topological polar surface area (TPSA) is 240 Å². The Bertz CT molecular complexity index is 1050. The van der Waals surface area contributed by atoms with Gasteiger partial charge in [0.1, 0.15) is 24.2 Å². The van der Waals surface area contributed by atoms with E-state index in [1.165, 1.54) is 7.05 Å². The number of aliphatic hydroxyl groups is 1. The first-order valence-electron chi connectivity index (χ1n) is 13.7. The van der Waals surface area contributed by atoms with Gasteiger partial charge in [0.15, 0.2) is 5.96 Å². The normalized spacial score (nSPS) is 13.6. The minimum atomic E-state index is -1.40. The van der Waals surface area contributed by atoms with Gasteiger partial charge in [-0.05, 0) is 31.4 Å². The maximum Gasteiger partial charge on any atom is 0.245 e. The van der Waals surface area contributed by atoms with Crippen LogP contribution in [0.2, 0.25) is 0 Å². The number of amides is 5. The van der Waals surface area contributed by atoms with E-state index in [1.54, 1.807) is 45.2 Å². The quantitative estimate of drug-likeness (QED) is 0.0476. The van der Waals surface area contributed by atoms with Crippen LogP contribution >= 0.6 is 0 Å². The number of aliphatic hydroxyl groups excluding tert-OH is 1. The molecule has 1 aromatic carbocycles. The van der Waals surface area contributed by atoms with Crippen molar-refractivity contribution in [2.45, 2.75) is 57.3 Å².